The number of nitrogens with zero attached hydrogens (tertiary/aromatic N) is 1. The highest BCUT2D eigenvalue weighted by molar-refractivity contribution is 5.78. The van der Waals surface area contributed by atoms with Crippen LogP contribution in [0.15, 0.2) is 18.2 Å². The molecule has 0 saturated heterocycles. The fourth-order valence-corrected chi connectivity index (χ4v) is 2.57. The number of fused-ring (bicyclic) bond motifs is 1. The maximum Gasteiger partial charge on any atom is 0.236 e. The summed E-state index contributed by atoms with van der Waals surface area (Å²) in [6, 6.07) is 6.00. The maximum atomic E-state index is 11.7. The third kappa shape index (κ3) is 6.02. The largest absolute Gasteiger partial charge is 0.454 e. The summed E-state index contributed by atoms with van der Waals surface area (Å²) in [7, 11) is 0. The molecule has 1 aliphatic rings. The van der Waals surface area contributed by atoms with Crippen LogP contribution in [0.1, 0.15) is 39.2 Å². The number of rotatable bonds is 7. The molecule has 6 nitrogen and oxygen atoms in total. The number of hydrogen-bond acceptors (Lipinski definition) is 5. The summed E-state index contributed by atoms with van der Waals surface area (Å²) in [5, 5.41) is 0. The fourth-order valence-electron chi connectivity index (χ4n) is 2.57. The number of carbonyl (C=O) groups is 1. The predicted molar refractivity (Wildman–Crippen MR) is 96.1 cm³/mol. The van der Waals surface area contributed by atoms with Crippen molar-refractivity contribution in [2.75, 3.05) is 26.4 Å². The number of hydrogen-bond donors (Lipinski definition) is 2. The Morgan fingerprint density at radius 1 is 1.25 bits per heavy atom. The van der Waals surface area contributed by atoms with Crippen LogP contribution < -0.4 is 20.9 Å². The number of ether oxygens (including phenoxy) is 2. The van der Waals surface area contributed by atoms with Crippen molar-refractivity contribution in [1.82, 2.24) is 4.90 Å². The molecule has 4 N–H and O–H groups in total. The zero-order valence-corrected chi connectivity index (χ0v) is 15.1. The van der Waals surface area contributed by atoms with Crippen molar-refractivity contribution < 1.29 is 14.3 Å². The first-order valence-corrected chi connectivity index (χ1v) is 8.65. The van der Waals surface area contributed by atoms with Gasteiger partial charge >= 0.3 is 0 Å². The summed E-state index contributed by atoms with van der Waals surface area (Å²) < 4.78 is 10.6. The first-order valence-electron chi connectivity index (χ1n) is 8.65. The summed E-state index contributed by atoms with van der Waals surface area (Å²) in [6.07, 6.45) is 3.16. The molecule has 24 heavy (non-hydrogen) atoms. The number of benzene rings is 1. The van der Waals surface area contributed by atoms with Gasteiger partial charge in [-0.2, -0.15) is 0 Å². The molecule has 1 aromatic rings. The quantitative estimate of drug-likeness (QED) is 0.793. The van der Waals surface area contributed by atoms with Gasteiger partial charge in [0.2, 0.25) is 12.7 Å². The van der Waals surface area contributed by atoms with E-state index in [1.165, 1.54) is 12.8 Å². The van der Waals surface area contributed by atoms with Crippen molar-refractivity contribution in [1.29, 1.82) is 0 Å². The molecule has 0 bridgehead atoms. The molecule has 0 aliphatic carbocycles. The van der Waals surface area contributed by atoms with E-state index in [2.05, 4.69) is 6.92 Å². The average molecular weight is 337 g/mol. The monoisotopic (exact) mass is 337 g/mol. The SMILES string of the molecule is CCCCN.CCN(C(=O)CN)[C@@H](C)Cc1ccc2c(c1)OCO2. The zero-order valence-electron chi connectivity index (χ0n) is 15.1. The van der Waals surface area contributed by atoms with Gasteiger partial charge in [-0.05, 0) is 50.9 Å². The van der Waals surface area contributed by atoms with E-state index in [9.17, 15) is 4.79 Å². The molecule has 1 amide bonds. The summed E-state index contributed by atoms with van der Waals surface area (Å²) in [6.45, 7) is 7.97. The lowest BCUT2D eigenvalue weighted by Gasteiger charge is -2.27. The zero-order chi connectivity index (χ0) is 17.9. The Labute approximate surface area is 145 Å². The van der Waals surface area contributed by atoms with Crippen molar-refractivity contribution in [2.24, 2.45) is 11.5 Å². The summed E-state index contributed by atoms with van der Waals surface area (Å²) >= 11 is 0. The molecule has 2 rings (SSSR count). The molecule has 136 valence electrons. The van der Waals surface area contributed by atoms with Gasteiger partial charge in [0.15, 0.2) is 11.5 Å². The van der Waals surface area contributed by atoms with Gasteiger partial charge in [0.05, 0.1) is 6.54 Å². The van der Waals surface area contributed by atoms with Crippen molar-refractivity contribution >= 4 is 5.91 Å². The van der Waals surface area contributed by atoms with Crippen LogP contribution in [-0.2, 0) is 11.2 Å². The predicted octanol–water partition coefficient (Wildman–Crippen LogP) is 1.90. The second-order valence-corrected chi connectivity index (χ2v) is 5.77. The highest BCUT2D eigenvalue weighted by atomic mass is 16.7. The van der Waals surface area contributed by atoms with Crippen LogP contribution in [0.25, 0.3) is 0 Å². The first-order chi connectivity index (χ1) is 11.6. The van der Waals surface area contributed by atoms with Crippen LogP contribution >= 0.6 is 0 Å². The van der Waals surface area contributed by atoms with Gasteiger partial charge in [-0.25, -0.2) is 0 Å². The third-order valence-electron chi connectivity index (χ3n) is 3.89. The van der Waals surface area contributed by atoms with Crippen molar-refractivity contribution in [3.8, 4) is 11.5 Å². The van der Waals surface area contributed by atoms with E-state index in [0.717, 1.165) is 30.0 Å². The maximum absolute atomic E-state index is 11.7. The topological polar surface area (TPSA) is 90.8 Å². The minimum absolute atomic E-state index is 0.0178. The van der Waals surface area contributed by atoms with Crippen molar-refractivity contribution in [2.45, 2.75) is 46.1 Å². The Morgan fingerprint density at radius 2 is 1.96 bits per heavy atom. The molecule has 0 aromatic heterocycles. The molecule has 1 atom stereocenters. The van der Waals surface area contributed by atoms with Crippen LogP contribution in [0, 0.1) is 0 Å². The lowest BCUT2D eigenvalue weighted by molar-refractivity contribution is -0.131. The van der Waals surface area contributed by atoms with E-state index in [1.54, 1.807) is 4.90 Å². The Balaban J connectivity index is 0.000000505. The number of amides is 1. The molecule has 0 unspecified atom stereocenters. The number of unbranched alkanes of at least 4 members (excludes halogenated alkanes) is 1. The smallest absolute Gasteiger partial charge is 0.236 e. The average Bonchev–Trinajstić information content (AvgIpc) is 3.04. The number of carbonyl (C=O) groups excluding carboxylic acids is 1. The molecular formula is C18H31N3O3. The molecule has 6 heteroatoms. The van der Waals surface area contributed by atoms with Gasteiger partial charge in [-0.15, -0.1) is 0 Å². The fraction of sp³-hybridized carbons (Fsp3) is 0.611. The summed E-state index contributed by atoms with van der Waals surface area (Å²) in [5.41, 5.74) is 11.7. The molecule has 0 radical (unpaired) electrons. The molecule has 0 spiro atoms. The van der Waals surface area contributed by atoms with Gasteiger partial charge in [0.25, 0.3) is 0 Å². The van der Waals surface area contributed by atoms with Crippen molar-refractivity contribution in [3.63, 3.8) is 0 Å². The number of nitrogens with two attached hydrogens (primary N) is 2. The van der Waals surface area contributed by atoms with Crippen LogP contribution in [0.3, 0.4) is 0 Å². The highest BCUT2D eigenvalue weighted by Crippen LogP contribution is 2.32. The molecule has 1 heterocycles. The molecule has 1 aliphatic heterocycles. The van der Waals surface area contributed by atoms with Crippen LogP contribution in [0.2, 0.25) is 0 Å². The lowest BCUT2D eigenvalue weighted by Crippen LogP contribution is -2.42. The Morgan fingerprint density at radius 3 is 2.50 bits per heavy atom. The normalized spacial score (nSPS) is 13.0. The van der Waals surface area contributed by atoms with Gasteiger partial charge in [-0.3, -0.25) is 4.79 Å². The van der Waals surface area contributed by atoms with Gasteiger partial charge in [0.1, 0.15) is 0 Å². The van der Waals surface area contributed by atoms with E-state index >= 15 is 0 Å². The second-order valence-electron chi connectivity index (χ2n) is 5.77. The minimum atomic E-state index is -0.0178. The van der Waals surface area contributed by atoms with Crippen molar-refractivity contribution in [3.05, 3.63) is 23.8 Å². The summed E-state index contributed by atoms with van der Waals surface area (Å²) in [5.74, 6) is 1.54. The van der Waals surface area contributed by atoms with E-state index in [1.807, 2.05) is 32.0 Å². The molecule has 0 fully saturated rings. The van der Waals surface area contributed by atoms with Gasteiger partial charge in [0, 0.05) is 12.6 Å². The van der Waals surface area contributed by atoms with Crippen LogP contribution in [-0.4, -0.2) is 43.3 Å². The minimum Gasteiger partial charge on any atom is -0.454 e. The lowest BCUT2D eigenvalue weighted by atomic mass is 10.1. The molecule has 0 saturated carbocycles. The Hall–Kier alpha value is -1.79. The first kappa shape index (κ1) is 20.3. The van der Waals surface area contributed by atoms with Gasteiger partial charge < -0.3 is 25.8 Å². The van der Waals surface area contributed by atoms with E-state index in [4.69, 9.17) is 20.9 Å². The third-order valence-corrected chi connectivity index (χ3v) is 3.89. The number of likely N-dealkylation sites (N-methyl/N-ethyl adjacent to an activating group) is 1. The van der Waals surface area contributed by atoms with Gasteiger partial charge in [-0.1, -0.05) is 19.4 Å². The second kappa shape index (κ2) is 10.9. The summed E-state index contributed by atoms with van der Waals surface area (Å²) in [4.78, 5) is 13.5. The molecular weight excluding hydrogens is 306 g/mol. The van der Waals surface area contributed by atoms with E-state index < -0.39 is 0 Å². The van der Waals surface area contributed by atoms with Crippen LogP contribution in [0.4, 0.5) is 0 Å². The Kier molecular flexibility index (Phi) is 9.19. The Bertz CT molecular complexity index is 506. The van der Waals surface area contributed by atoms with Crippen LogP contribution in [0.5, 0.6) is 11.5 Å². The van der Waals surface area contributed by atoms with E-state index in [0.29, 0.717) is 6.54 Å². The highest BCUT2D eigenvalue weighted by Gasteiger charge is 2.19. The standard InChI is InChI=1S/C14H20N2O3.C4H11N/c1-3-16(14(17)8-15)10(2)6-11-4-5-12-13(7-11)19-9-18-12;1-2-3-4-5/h4-5,7,10H,3,6,8-9,15H2,1-2H3;2-5H2,1H3/t10-;/m0./s1. The molecule has 1 aromatic carbocycles. The van der Waals surface area contributed by atoms with E-state index in [-0.39, 0.29) is 25.3 Å².